The van der Waals surface area contributed by atoms with E-state index in [1.165, 1.54) is 6.92 Å². The van der Waals surface area contributed by atoms with E-state index in [4.69, 9.17) is 0 Å². The largest absolute Gasteiger partial charge is 0.302 e. The number of aryl methyl sites for hydroxylation is 1. The fourth-order valence-electron chi connectivity index (χ4n) is 2.83. The van der Waals surface area contributed by atoms with Crippen LogP contribution >= 0.6 is 11.3 Å². The number of ketones is 2. The first-order chi connectivity index (χ1) is 11.9. The predicted octanol–water partition coefficient (Wildman–Crippen LogP) is 3.25. The molecule has 1 unspecified atom stereocenters. The zero-order chi connectivity index (χ0) is 18.1. The van der Waals surface area contributed by atoms with Gasteiger partial charge in [0.15, 0.2) is 16.7 Å². The smallest absolute Gasteiger partial charge is 0.223 e. The van der Waals surface area contributed by atoms with Crippen LogP contribution in [0, 0.1) is 5.92 Å². The molecule has 0 bridgehead atoms. The zero-order valence-electron chi connectivity index (χ0n) is 14.3. The molecule has 0 aliphatic heterocycles. The zero-order valence-corrected chi connectivity index (χ0v) is 15.1. The molecule has 130 valence electrons. The van der Waals surface area contributed by atoms with Gasteiger partial charge in [-0.25, -0.2) is 4.98 Å². The molecular weight excluding hydrogens is 338 g/mol. The molecule has 2 aromatic heterocycles. The highest BCUT2D eigenvalue weighted by Gasteiger charge is 2.36. The molecule has 1 aliphatic rings. The van der Waals surface area contributed by atoms with E-state index in [1.54, 1.807) is 12.3 Å². The number of rotatable bonds is 4. The van der Waals surface area contributed by atoms with Crippen molar-refractivity contribution >= 4 is 33.9 Å². The molecule has 0 radical (unpaired) electrons. The van der Waals surface area contributed by atoms with Gasteiger partial charge >= 0.3 is 0 Å². The van der Waals surface area contributed by atoms with Crippen LogP contribution in [0.5, 0.6) is 0 Å². The normalized spacial score (nSPS) is 16.6. The Hall–Kier alpha value is -2.41. The van der Waals surface area contributed by atoms with Crippen molar-refractivity contribution in [2.75, 3.05) is 5.32 Å². The molecule has 0 spiro atoms. The number of anilines is 1. The number of fused-ring (bicyclic) bond motifs is 1. The average molecular weight is 357 g/mol. The first kappa shape index (κ1) is 17.4. The van der Waals surface area contributed by atoms with Gasteiger partial charge in [-0.05, 0) is 30.9 Å². The fourth-order valence-corrected chi connectivity index (χ4v) is 3.88. The minimum absolute atomic E-state index is 0.201. The predicted molar refractivity (Wildman–Crippen MR) is 95.2 cm³/mol. The van der Waals surface area contributed by atoms with Crippen molar-refractivity contribution in [1.82, 2.24) is 9.97 Å². The molecule has 7 heteroatoms. The lowest BCUT2D eigenvalue weighted by molar-refractivity contribution is -0.114. The number of aromatic nitrogens is 2. The lowest BCUT2D eigenvalue weighted by atomic mass is 9.84. The number of thiazole rings is 1. The van der Waals surface area contributed by atoms with E-state index in [2.05, 4.69) is 15.3 Å². The molecule has 1 amide bonds. The monoisotopic (exact) mass is 357 g/mol. The molecule has 3 rings (SSSR count). The Morgan fingerprint density at radius 3 is 2.68 bits per heavy atom. The minimum atomic E-state index is -0.704. The van der Waals surface area contributed by atoms with E-state index in [-0.39, 0.29) is 23.4 Å². The van der Waals surface area contributed by atoms with Crippen molar-refractivity contribution in [2.24, 2.45) is 5.92 Å². The van der Waals surface area contributed by atoms with Crippen molar-refractivity contribution in [3.05, 3.63) is 40.2 Å². The van der Waals surface area contributed by atoms with Gasteiger partial charge in [0.25, 0.3) is 0 Å². The van der Waals surface area contributed by atoms with Crippen LogP contribution in [0.3, 0.4) is 0 Å². The number of amides is 1. The molecule has 6 nitrogen and oxygen atoms in total. The van der Waals surface area contributed by atoms with Crippen molar-refractivity contribution in [3.8, 4) is 0 Å². The topological polar surface area (TPSA) is 89.0 Å². The molecule has 1 N–H and O–H groups in total. The Labute approximate surface area is 149 Å². The number of pyridine rings is 1. The highest BCUT2D eigenvalue weighted by Crippen LogP contribution is 2.33. The fraction of sp³-hybridized carbons (Fsp3) is 0.389. The van der Waals surface area contributed by atoms with Gasteiger partial charge in [-0.2, -0.15) is 0 Å². The lowest BCUT2D eigenvalue weighted by Crippen LogP contribution is -2.29. The van der Waals surface area contributed by atoms with E-state index >= 15 is 0 Å². The van der Waals surface area contributed by atoms with E-state index in [1.807, 2.05) is 19.9 Å². The van der Waals surface area contributed by atoms with Gasteiger partial charge in [-0.1, -0.05) is 25.2 Å². The van der Waals surface area contributed by atoms with Crippen molar-refractivity contribution in [3.63, 3.8) is 0 Å². The summed E-state index contributed by atoms with van der Waals surface area (Å²) in [5, 5.41) is 3.00. The summed E-state index contributed by atoms with van der Waals surface area (Å²) in [7, 11) is 0. The highest BCUT2D eigenvalue weighted by atomic mass is 32.1. The van der Waals surface area contributed by atoms with Gasteiger partial charge in [-0.3, -0.25) is 19.4 Å². The maximum Gasteiger partial charge on any atom is 0.223 e. The Kier molecular flexibility index (Phi) is 4.76. The number of hydrogen-bond donors (Lipinski definition) is 1. The Morgan fingerprint density at radius 2 is 2.08 bits per heavy atom. The molecule has 0 saturated carbocycles. The van der Waals surface area contributed by atoms with Crippen LogP contribution in [-0.4, -0.2) is 27.4 Å². The summed E-state index contributed by atoms with van der Waals surface area (Å²) in [6.07, 6.45) is 2.53. The minimum Gasteiger partial charge on any atom is -0.302 e. The van der Waals surface area contributed by atoms with Crippen LogP contribution in [0.25, 0.3) is 0 Å². The van der Waals surface area contributed by atoms with Crippen LogP contribution in [0.1, 0.15) is 64.5 Å². The molecule has 2 heterocycles. The molecule has 0 fully saturated rings. The number of hydrogen-bond acceptors (Lipinski definition) is 6. The van der Waals surface area contributed by atoms with Crippen LogP contribution in [-0.2, 0) is 11.2 Å². The summed E-state index contributed by atoms with van der Waals surface area (Å²) >= 11 is 1.13. The van der Waals surface area contributed by atoms with Gasteiger partial charge < -0.3 is 5.32 Å². The van der Waals surface area contributed by atoms with E-state index < -0.39 is 5.92 Å². The molecule has 25 heavy (non-hydrogen) atoms. The first-order valence-electron chi connectivity index (χ1n) is 8.18. The summed E-state index contributed by atoms with van der Waals surface area (Å²) in [5.41, 5.74) is 2.03. The first-order valence-corrected chi connectivity index (χ1v) is 9.00. The highest BCUT2D eigenvalue weighted by molar-refractivity contribution is 7.17. The maximum absolute atomic E-state index is 12.7. The molecule has 0 aromatic carbocycles. The van der Waals surface area contributed by atoms with E-state index in [0.29, 0.717) is 34.1 Å². The maximum atomic E-state index is 12.7. The van der Waals surface area contributed by atoms with Crippen LogP contribution in [0.15, 0.2) is 18.3 Å². The molecular formula is C18H19N3O3S. The second kappa shape index (κ2) is 6.84. The van der Waals surface area contributed by atoms with Gasteiger partial charge in [0, 0.05) is 24.4 Å². The quantitative estimate of drug-likeness (QED) is 0.670. The lowest BCUT2D eigenvalue weighted by Gasteiger charge is -2.18. The van der Waals surface area contributed by atoms with Gasteiger partial charge in [0.1, 0.15) is 0 Å². The molecule has 2 aromatic rings. The third-order valence-electron chi connectivity index (χ3n) is 4.17. The summed E-state index contributed by atoms with van der Waals surface area (Å²) in [6, 6.07) is 3.57. The van der Waals surface area contributed by atoms with Crippen molar-refractivity contribution in [1.29, 1.82) is 0 Å². The molecule has 0 saturated heterocycles. The van der Waals surface area contributed by atoms with Crippen molar-refractivity contribution in [2.45, 2.75) is 39.5 Å². The molecule has 1 atom stereocenters. The Bertz CT molecular complexity index is 840. The van der Waals surface area contributed by atoms with Crippen molar-refractivity contribution < 1.29 is 14.4 Å². The van der Waals surface area contributed by atoms with Gasteiger partial charge in [0.2, 0.25) is 5.91 Å². The number of carbonyl (C=O) groups is 3. The van der Waals surface area contributed by atoms with Crippen LogP contribution in [0.4, 0.5) is 5.13 Å². The average Bonchev–Trinajstić information content (AvgIpc) is 2.97. The van der Waals surface area contributed by atoms with Gasteiger partial charge in [0.05, 0.1) is 16.5 Å². The summed E-state index contributed by atoms with van der Waals surface area (Å²) in [4.78, 5) is 45.7. The third-order valence-corrected chi connectivity index (χ3v) is 5.20. The number of nitrogens with one attached hydrogen (secondary N) is 1. The van der Waals surface area contributed by atoms with E-state index in [0.717, 1.165) is 17.0 Å². The Morgan fingerprint density at radius 1 is 1.32 bits per heavy atom. The molecule has 1 aliphatic carbocycles. The number of nitrogens with zero attached hydrogens (tertiary/aromatic N) is 2. The second-order valence-corrected chi connectivity index (χ2v) is 7.42. The number of Topliss-reactive ketones (excluding diaryl/α,β-unsaturated/α-hetero) is 2. The summed E-state index contributed by atoms with van der Waals surface area (Å²) in [6.45, 7) is 5.46. The van der Waals surface area contributed by atoms with Crippen LogP contribution in [0.2, 0.25) is 0 Å². The van der Waals surface area contributed by atoms with Crippen LogP contribution < -0.4 is 5.32 Å². The summed E-state index contributed by atoms with van der Waals surface area (Å²) in [5.74, 6) is -1.07. The Balaban J connectivity index is 1.82. The SMILES string of the molecule is CC(=O)Nc1nc2c(s1)C(=O)C(C(=O)c1ccc(C(C)C)nc1)CC2. The van der Waals surface area contributed by atoms with Gasteiger partial charge in [-0.15, -0.1) is 0 Å². The number of carbonyl (C=O) groups excluding carboxylic acids is 3. The second-order valence-electron chi connectivity index (χ2n) is 6.42. The standard InChI is InChI=1S/C18H19N3O3S/c1-9(2)13-6-4-11(8-19-13)15(23)12-5-7-14-17(16(12)24)25-18(21-14)20-10(3)22/h4,6,8-9,12H,5,7H2,1-3H3,(H,20,21,22). The van der Waals surface area contributed by atoms with E-state index in [9.17, 15) is 14.4 Å². The third kappa shape index (κ3) is 3.51. The summed E-state index contributed by atoms with van der Waals surface area (Å²) < 4.78 is 0.